The fourth-order valence-corrected chi connectivity index (χ4v) is 3.94. The van der Waals surface area contributed by atoms with E-state index in [0.29, 0.717) is 39.7 Å². The van der Waals surface area contributed by atoms with Crippen LogP contribution in [0.5, 0.6) is 11.5 Å². The molecule has 33 heavy (non-hydrogen) atoms. The number of aromatic amines is 1. The molecule has 0 bridgehead atoms. The number of halogens is 7. The third kappa shape index (κ3) is 4.94. The Morgan fingerprint density at radius 3 is 2.55 bits per heavy atom. The SMILES string of the molecule is COc1cc(OCc2ncc(C(F)(F)F)cc2F)ccc1-c1nc(C2CC(F)(F)C2)[nH]c1Br. The molecule has 0 radical (unpaired) electrons. The molecule has 0 amide bonds. The first-order valence-electron chi connectivity index (χ1n) is 9.63. The van der Waals surface area contributed by atoms with E-state index < -0.39 is 30.1 Å². The Labute approximate surface area is 192 Å². The summed E-state index contributed by atoms with van der Waals surface area (Å²) >= 11 is 3.35. The first kappa shape index (κ1) is 23.4. The molecule has 1 N–H and O–H groups in total. The molecule has 176 valence electrons. The zero-order valence-corrected chi connectivity index (χ0v) is 18.5. The van der Waals surface area contributed by atoms with Gasteiger partial charge in [0.05, 0.1) is 12.7 Å². The molecule has 12 heteroatoms. The number of nitrogens with one attached hydrogen (secondary N) is 1. The largest absolute Gasteiger partial charge is 0.496 e. The maximum atomic E-state index is 14.0. The Bertz CT molecular complexity index is 1170. The van der Waals surface area contributed by atoms with Gasteiger partial charge in [-0.05, 0) is 34.1 Å². The fourth-order valence-electron chi connectivity index (χ4n) is 3.43. The van der Waals surface area contributed by atoms with E-state index in [0.717, 1.165) is 0 Å². The van der Waals surface area contributed by atoms with Crippen molar-refractivity contribution in [1.29, 1.82) is 0 Å². The van der Waals surface area contributed by atoms with E-state index in [1.54, 1.807) is 6.07 Å². The first-order chi connectivity index (χ1) is 15.5. The van der Waals surface area contributed by atoms with Gasteiger partial charge in [0.25, 0.3) is 0 Å². The van der Waals surface area contributed by atoms with Crippen LogP contribution in [0.25, 0.3) is 11.3 Å². The number of hydrogen-bond donors (Lipinski definition) is 1. The summed E-state index contributed by atoms with van der Waals surface area (Å²) in [5, 5.41) is 0. The van der Waals surface area contributed by atoms with Crippen LogP contribution in [0.2, 0.25) is 0 Å². The average molecular weight is 536 g/mol. The van der Waals surface area contributed by atoms with Gasteiger partial charge in [-0.2, -0.15) is 13.2 Å². The summed E-state index contributed by atoms with van der Waals surface area (Å²) in [6.07, 6.45) is -4.71. The van der Waals surface area contributed by atoms with Crippen molar-refractivity contribution in [3.63, 3.8) is 0 Å². The molecule has 0 spiro atoms. The van der Waals surface area contributed by atoms with Crippen molar-refractivity contribution >= 4 is 15.9 Å². The van der Waals surface area contributed by atoms with Crippen molar-refractivity contribution < 1.29 is 35.8 Å². The van der Waals surface area contributed by atoms with Crippen LogP contribution in [0.15, 0.2) is 35.1 Å². The second kappa shape index (κ2) is 8.54. The minimum atomic E-state index is -4.70. The van der Waals surface area contributed by atoms with Crippen LogP contribution >= 0.6 is 15.9 Å². The predicted octanol–water partition coefficient (Wildman–Crippen LogP) is 6.49. The lowest BCUT2D eigenvalue weighted by atomic mass is 9.81. The van der Waals surface area contributed by atoms with Crippen molar-refractivity contribution in [3.8, 4) is 22.8 Å². The van der Waals surface area contributed by atoms with Gasteiger partial charge in [0, 0.05) is 36.6 Å². The van der Waals surface area contributed by atoms with E-state index in [4.69, 9.17) is 9.47 Å². The molecular formula is C21H16BrF6N3O2. The van der Waals surface area contributed by atoms with Crippen LogP contribution in [0.3, 0.4) is 0 Å². The van der Waals surface area contributed by atoms with Crippen molar-refractivity contribution in [2.75, 3.05) is 7.11 Å². The lowest BCUT2D eigenvalue weighted by Gasteiger charge is -2.33. The third-order valence-electron chi connectivity index (χ3n) is 5.20. The van der Waals surface area contributed by atoms with Gasteiger partial charge in [-0.15, -0.1) is 0 Å². The molecule has 4 rings (SSSR count). The fraction of sp³-hybridized carbons (Fsp3) is 0.333. The second-order valence-corrected chi connectivity index (χ2v) is 8.34. The van der Waals surface area contributed by atoms with Crippen molar-refractivity contribution in [1.82, 2.24) is 15.0 Å². The molecule has 1 saturated carbocycles. The number of alkyl halides is 5. The number of H-pyrrole nitrogens is 1. The molecule has 1 aliphatic carbocycles. The number of pyridine rings is 1. The summed E-state index contributed by atoms with van der Waals surface area (Å²) in [5.41, 5.74) is -0.476. The van der Waals surface area contributed by atoms with Crippen molar-refractivity contribution in [2.24, 2.45) is 0 Å². The Balaban J connectivity index is 1.51. The number of hydrogen-bond acceptors (Lipinski definition) is 4. The maximum Gasteiger partial charge on any atom is 0.417 e. The van der Waals surface area contributed by atoms with Crippen LogP contribution in [-0.2, 0) is 12.8 Å². The van der Waals surface area contributed by atoms with Gasteiger partial charge in [-0.1, -0.05) is 0 Å². The highest BCUT2D eigenvalue weighted by Crippen LogP contribution is 2.48. The van der Waals surface area contributed by atoms with Gasteiger partial charge in [0.2, 0.25) is 5.92 Å². The highest BCUT2D eigenvalue weighted by atomic mass is 79.9. The van der Waals surface area contributed by atoms with E-state index in [9.17, 15) is 26.3 Å². The minimum Gasteiger partial charge on any atom is -0.496 e. The number of methoxy groups -OCH3 is 1. The zero-order chi connectivity index (χ0) is 24.0. The number of nitrogens with zero attached hydrogens (tertiary/aromatic N) is 2. The molecule has 0 aliphatic heterocycles. The van der Waals surface area contributed by atoms with Gasteiger partial charge in [-0.3, -0.25) is 4.98 Å². The van der Waals surface area contributed by atoms with Gasteiger partial charge >= 0.3 is 6.18 Å². The molecule has 3 aromatic rings. The Kier molecular flexibility index (Phi) is 6.06. The minimum absolute atomic E-state index is 0.252. The van der Waals surface area contributed by atoms with E-state index in [1.165, 1.54) is 19.2 Å². The second-order valence-electron chi connectivity index (χ2n) is 7.55. The molecule has 1 aliphatic rings. The normalized spacial score (nSPS) is 15.9. The third-order valence-corrected chi connectivity index (χ3v) is 5.78. The monoisotopic (exact) mass is 535 g/mol. The van der Waals surface area contributed by atoms with Gasteiger partial charge in [0.15, 0.2) is 0 Å². The van der Waals surface area contributed by atoms with Gasteiger partial charge in [0.1, 0.15) is 45.7 Å². The molecule has 2 heterocycles. The first-order valence-corrected chi connectivity index (χ1v) is 10.4. The van der Waals surface area contributed by atoms with Crippen LogP contribution in [0.4, 0.5) is 26.3 Å². The van der Waals surface area contributed by atoms with Crippen molar-refractivity contribution in [2.45, 2.75) is 37.5 Å². The predicted molar refractivity (Wildman–Crippen MR) is 109 cm³/mol. The van der Waals surface area contributed by atoms with Crippen LogP contribution in [0.1, 0.15) is 35.8 Å². The lowest BCUT2D eigenvalue weighted by molar-refractivity contribution is -0.138. The van der Waals surface area contributed by atoms with E-state index in [1.807, 2.05) is 0 Å². The van der Waals surface area contributed by atoms with Gasteiger partial charge in [-0.25, -0.2) is 18.2 Å². The highest BCUT2D eigenvalue weighted by Gasteiger charge is 2.47. The zero-order valence-electron chi connectivity index (χ0n) is 16.9. The Morgan fingerprint density at radius 2 is 1.94 bits per heavy atom. The lowest BCUT2D eigenvalue weighted by Crippen LogP contribution is -2.34. The molecule has 2 aromatic heterocycles. The molecule has 0 atom stereocenters. The van der Waals surface area contributed by atoms with E-state index in [2.05, 4.69) is 30.9 Å². The summed E-state index contributed by atoms with van der Waals surface area (Å²) in [5.74, 6) is -3.16. The number of rotatable bonds is 6. The summed E-state index contributed by atoms with van der Waals surface area (Å²) in [6, 6.07) is 5.01. The maximum absolute atomic E-state index is 14.0. The molecule has 0 unspecified atom stereocenters. The molecular weight excluding hydrogens is 520 g/mol. The van der Waals surface area contributed by atoms with Crippen LogP contribution in [0, 0.1) is 5.82 Å². The summed E-state index contributed by atoms with van der Waals surface area (Å²) in [4.78, 5) is 10.9. The van der Waals surface area contributed by atoms with Crippen molar-refractivity contribution in [3.05, 3.63) is 58.0 Å². The number of benzene rings is 1. The topological polar surface area (TPSA) is 60.0 Å². The Hall–Kier alpha value is -2.76. The molecule has 1 aromatic carbocycles. The Morgan fingerprint density at radius 1 is 1.21 bits per heavy atom. The van der Waals surface area contributed by atoms with Gasteiger partial charge < -0.3 is 14.5 Å². The number of aromatic nitrogens is 3. The smallest absolute Gasteiger partial charge is 0.417 e. The van der Waals surface area contributed by atoms with Crippen LogP contribution < -0.4 is 9.47 Å². The molecule has 5 nitrogen and oxygen atoms in total. The van der Waals surface area contributed by atoms with Crippen LogP contribution in [-0.4, -0.2) is 28.0 Å². The number of imidazole rings is 1. The molecule has 1 fully saturated rings. The highest BCUT2D eigenvalue weighted by molar-refractivity contribution is 9.10. The summed E-state index contributed by atoms with van der Waals surface area (Å²) < 4.78 is 89.6. The summed E-state index contributed by atoms with van der Waals surface area (Å²) in [7, 11) is 1.41. The van der Waals surface area contributed by atoms with E-state index >= 15 is 0 Å². The number of ether oxygens (including phenoxy) is 2. The van der Waals surface area contributed by atoms with E-state index in [-0.39, 0.29) is 30.2 Å². The quantitative estimate of drug-likeness (QED) is 0.366. The molecule has 0 saturated heterocycles. The average Bonchev–Trinajstić information content (AvgIpc) is 3.11. The summed E-state index contributed by atoms with van der Waals surface area (Å²) in [6.45, 7) is -0.404. The standard InChI is InChI=1S/C21H16BrF6N3O2/c1-32-16-5-12(33-9-15-14(23)4-11(8-29-15)21(26,27)28)2-3-13(16)17-18(22)31-19(30-17)10-6-20(24,25)7-10/h2-5,8,10H,6-7,9H2,1H3,(H,30,31).